The molecule has 0 bridgehead atoms. The minimum Gasteiger partial charge on any atom is -0.370 e. The number of hydrogen-bond acceptors (Lipinski definition) is 4. The van der Waals surface area contributed by atoms with Gasteiger partial charge in [-0.25, -0.2) is 9.97 Å². The zero-order chi connectivity index (χ0) is 15.7. The lowest BCUT2D eigenvalue weighted by molar-refractivity contribution is -0.144. The molecular formula is C14H21F3N4. The molecule has 1 saturated heterocycles. The van der Waals surface area contributed by atoms with E-state index in [1.807, 2.05) is 25.7 Å². The molecule has 0 saturated carbocycles. The maximum atomic E-state index is 13.0. The summed E-state index contributed by atoms with van der Waals surface area (Å²) >= 11 is 0. The summed E-state index contributed by atoms with van der Waals surface area (Å²) in [7, 11) is 0. The second kappa shape index (κ2) is 5.69. The molecule has 1 aliphatic rings. The molecule has 0 aliphatic carbocycles. The van der Waals surface area contributed by atoms with Crippen molar-refractivity contribution in [1.29, 1.82) is 0 Å². The van der Waals surface area contributed by atoms with Crippen LogP contribution in [0.3, 0.4) is 0 Å². The summed E-state index contributed by atoms with van der Waals surface area (Å²) < 4.78 is 38.9. The molecule has 0 radical (unpaired) electrons. The van der Waals surface area contributed by atoms with Crippen LogP contribution < -0.4 is 10.2 Å². The third-order valence-corrected chi connectivity index (χ3v) is 3.70. The predicted octanol–water partition coefficient (Wildman–Crippen LogP) is 3.70. The Balaban J connectivity index is 2.40. The first kappa shape index (κ1) is 15.9. The van der Waals surface area contributed by atoms with Crippen LogP contribution in [0.4, 0.5) is 24.8 Å². The van der Waals surface area contributed by atoms with E-state index in [9.17, 15) is 13.2 Å². The molecule has 1 aliphatic heterocycles. The zero-order valence-corrected chi connectivity index (χ0v) is 12.6. The van der Waals surface area contributed by atoms with Crippen molar-refractivity contribution in [3.63, 3.8) is 0 Å². The average molecular weight is 302 g/mol. The molecule has 1 N–H and O–H groups in total. The molecule has 0 unspecified atom stereocenters. The smallest absolute Gasteiger partial charge is 0.370 e. The van der Waals surface area contributed by atoms with Crippen LogP contribution >= 0.6 is 0 Å². The maximum Gasteiger partial charge on any atom is 0.451 e. The van der Waals surface area contributed by atoms with Gasteiger partial charge in [-0.3, -0.25) is 0 Å². The fraction of sp³-hybridized carbons (Fsp3) is 0.714. The molecule has 21 heavy (non-hydrogen) atoms. The molecule has 1 aromatic heterocycles. The molecule has 2 rings (SSSR count). The first-order valence-corrected chi connectivity index (χ1v) is 7.22. The molecule has 1 aromatic rings. The summed E-state index contributed by atoms with van der Waals surface area (Å²) in [6, 6.07) is 1.61. The Labute approximate surface area is 122 Å². The third kappa shape index (κ3) is 3.57. The SMILES string of the molecule is CCCNc1cc(N2CCCC2(C)C)nc(C(F)(F)F)n1. The summed E-state index contributed by atoms with van der Waals surface area (Å²) in [5.41, 5.74) is -0.181. The number of anilines is 2. The molecule has 7 heteroatoms. The number of nitrogens with zero attached hydrogens (tertiary/aromatic N) is 3. The van der Waals surface area contributed by atoms with E-state index in [-0.39, 0.29) is 11.4 Å². The van der Waals surface area contributed by atoms with Crippen molar-refractivity contribution >= 4 is 11.6 Å². The number of alkyl halides is 3. The summed E-state index contributed by atoms with van der Waals surface area (Å²) in [4.78, 5) is 9.26. The van der Waals surface area contributed by atoms with E-state index in [2.05, 4.69) is 15.3 Å². The van der Waals surface area contributed by atoms with Crippen molar-refractivity contribution in [3.8, 4) is 0 Å². The summed E-state index contributed by atoms with van der Waals surface area (Å²) in [5.74, 6) is -0.503. The molecule has 2 heterocycles. The van der Waals surface area contributed by atoms with Crippen LogP contribution in [0.2, 0.25) is 0 Å². The van der Waals surface area contributed by atoms with Crippen molar-refractivity contribution < 1.29 is 13.2 Å². The van der Waals surface area contributed by atoms with Crippen LogP contribution in [-0.4, -0.2) is 28.6 Å². The number of hydrogen-bond donors (Lipinski definition) is 1. The number of aromatic nitrogens is 2. The second-order valence-corrected chi connectivity index (χ2v) is 5.93. The minimum atomic E-state index is -4.54. The van der Waals surface area contributed by atoms with E-state index in [1.54, 1.807) is 6.07 Å². The highest BCUT2D eigenvalue weighted by molar-refractivity contribution is 5.52. The average Bonchev–Trinajstić information content (AvgIpc) is 2.74. The molecular weight excluding hydrogens is 281 g/mol. The first-order valence-electron chi connectivity index (χ1n) is 7.22. The van der Waals surface area contributed by atoms with Crippen molar-refractivity contribution in [1.82, 2.24) is 9.97 Å². The maximum absolute atomic E-state index is 13.0. The normalized spacial score (nSPS) is 18.1. The van der Waals surface area contributed by atoms with Gasteiger partial charge in [-0.1, -0.05) is 6.92 Å². The quantitative estimate of drug-likeness (QED) is 0.921. The molecule has 0 amide bonds. The van der Waals surface area contributed by atoms with Crippen LogP contribution in [0.25, 0.3) is 0 Å². The van der Waals surface area contributed by atoms with Crippen LogP contribution in [0.15, 0.2) is 6.07 Å². The molecule has 1 fully saturated rings. The zero-order valence-electron chi connectivity index (χ0n) is 12.6. The van der Waals surface area contributed by atoms with E-state index >= 15 is 0 Å². The van der Waals surface area contributed by atoms with Gasteiger partial charge in [-0.15, -0.1) is 0 Å². The van der Waals surface area contributed by atoms with E-state index in [4.69, 9.17) is 0 Å². The van der Waals surface area contributed by atoms with Gasteiger partial charge in [0.2, 0.25) is 5.82 Å². The van der Waals surface area contributed by atoms with Crippen LogP contribution in [-0.2, 0) is 6.18 Å². The Kier molecular flexibility index (Phi) is 4.30. The fourth-order valence-electron chi connectivity index (χ4n) is 2.58. The number of nitrogens with one attached hydrogen (secondary N) is 1. The summed E-state index contributed by atoms with van der Waals surface area (Å²) in [6.07, 6.45) is -1.83. The van der Waals surface area contributed by atoms with Crippen molar-refractivity contribution in [3.05, 3.63) is 11.9 Å². The lowest BCUT2D eigenvalue weighted by atomic mass is 10.0. The lowest BCUT2D eigenvalue weighted by Gasteiger charge is -2.33. The van der Waals surface area contributed by atoms with E-state index in [0.29, 0.717) is 18.9 Å². The second-order valence-electron chi connectivity index (χ2n) is 5.93. The lowest BCUT2D eigenvalue weighted by Crippen LogP contribution is -2.39. The van der Waals surface area contributed by atoms with Crippen molar-refractivity contribution in [2.75, 3.05) is 23.3 Å². The highest BCUT2D eigenvalue weighted by Gasteiger charge is 2.38. The molecule has 0 atom stereocenters. The minimum absolute atomic E-state index is 0.181. The van der Waals surface area contributed by atoms with Gasteiger partial charge in [0.15, 0.2) is 0 Å². The van der Waals surface area contributed by atoms with Crippen LogP contribution in [0, 0.1) is 0 Å². The van der Waals surface area contributed by atoms with Crippen LogP contribution in [0.1, 0.15) is 45.9 Å². The highest BCUT2D eigenvalue weighted by Crippen LogP contribution is 2.35. The van der Waals surface area contributed by atoms with Crippen molar-refractivity contribution in [2.45, 2.75) is 51.7 Å². The largest absolute Gasteiger partial charge is 0.451 e. The Morgan fingerprint density at radius 3 is 2.57 bits per heavy atom. The van der Waals surface area contributed by atoms with Gasteiger partial charge in [0.1, 0.15) is 11.6 Å². The topological polar surface area (TPSA) is 41.0 Å². The van der Waals surface area contributed by atoms with E-state index in [1.165, 1.54) is 0 Å². The molecule has 0 spiro atoms. The van der Waals surface area contributed by atoms with Gasteiger partial charge in [-0.05, 0) is 33.1 Å². The highest BCUT2D eigenvalue weighted by atomic mass is 19.4. The Morgan fingerprint density at radius 1 is 1.33 bits per heavy atom. The van der Waals surface area contributed by atoms with Crippen LogP contribution in [0.5, 0.6) is 0 Å². The number of halogens is 3. The van der Waals surface area contributed by atoms with Gasteiger partial charge in [-0.2, -0.15) is 13.2 Å². The van der Waals surface area contributed by atoms with Gasteiger partial charge in [0.05, 0.1) is 0 Å². The summed E-state index contributed by atoms with van der Waals surface area (Å²) in [6.45, 7) is 7.29. The first-order chi connectivity index (χ1) is 9.74. The molecule has 118 valence electrons. The van der Waals surface area contributed by atoms with Gasteiger partial charge >= 0.3 is 6.18 Å². The predicted molar refractivity (Wildman–Crippen MR) is 76.5 cm³/mol. The number of rotatable bonds is 4. The van der Waals surface area contributed by atoms with Gasteiger partial charge < -0.3 is 10.2 Å². The van der Waals surface area contributed by atoms with E-state index < -0.39 is 12.0 Å². The van der Waals surface area contributed by atoms with Crippen molar-refractivity contribution in [2.24, 2.45) is 0 Å². The summed E-state index contributed by atoms with van der Waals surface area (Å²) in [5, 5.41) is 2.92. The Hall–Kier alpha value is -1.53. The van der Waals surface area contributed by atoms with Gasteiger partial charge in [0.25, 0.3) is 0 Å². The van der Waals surface area contributed by atoms with Gasteiger partial charge in [0, 0.05) is 24.7 Å². The van der Waals surface area contributed by atoms with E-state index in [0.717, 1.165) is 19.3 Å². The standard InChI is InChI=1S/C14H21F3N4/c1-4-7-18-10-9-11(20-12(19-10)14(15,16)17)21-8-5-6-13(21,2)3/h9H,4-8H2,1-3H3,(H,18,19,20). The Bertz CT molecular complexity index is 499. The Morgan fingerprint density at radius 2 is 2.05 bits per heavy atom. The third-order valence-electron chi connectivity index (χ3n) is 3.70. The monoisotopic (exact) mass is 302 g/mol. The fourth-order valence-corrected chi connectivity index (χ4v) is 2.58. The molecule has 4 nitrogen and oxygen atoms in total. The molecule has 0 aromatic carbocycles.